The minimum absolute atomic E-state index is 0.146. The Kier molecular flexibility index (Phi) is 4.25. The van der Waals surface area contributed by atoms with Crippen molar-refractivity contribution >= 4 is 27.5 Å². The van der Waals surface area contributed by atoms with E-state index in [-0.39, 0.29) is 5.56 Å². The summed E-state index contributed by atoms with van der Waals surface area (Å²) in [5.41, 5.74) is 1.61. The van der Waals surface area contributed by atoms with Gasteiger partial charge < -0.3 is 9.30 Å². The molecule has 0 saturated carbocycles. The third-order valence-corrected chi connectivity index (χ3v) is 4.84. The van der Waals surface area contributed by atoms with Crippen molar-refractivity contribution in [2.45, 2.75) is 13.3 Å². The highest BCUT2D eigenvalue weighted by Gasteiger charge is 2.20. The SMILES string of the molecule is Cc1c(C(=O)OCCc2ccccc2)sc2ncn(C)c(=O)c12. The highest BCUT2D eigenvalue weighted by Crippen LogP contribution is 2.27. The van der Waals surface area contributed by atoms with Gasteiger partial charge in [-0.2, -0.15) is 0 Å². The van der Waals surface area contributed by atoms with Crippen molar-refractivity contribution in [2.24, 2.45) is 7.05 Å². The number of carbonyl (C=O) groups excluding carboxylic acids is 1. The summed E-state index contributed by atoms with van der Waals surface area (Å²) < 4.78 is 6.76. The van der Waals surface area contributed by atoms with Crippen LogP contribution in [-0.2, 0) is 18.2 Å². The fourth-order valence-corrected chi connectivity index (χ4v) is 3.41. The van der Waals surface area contributed by atoms with Crippen LogP contribution in [0.4, 0.5) is 0 Å². The van der Waals surface area contributed by atoms with Crippen LogP contribution in [0.15, 0.2) is 41.5 Å². The maximum Gasteiger partial charge on any atom is 0.348 e. The number of hydrogen-bond donors (Lipinski definition) is 0. The van der Waals surface area contributed by atoms with Crippen molar-refractivity contribution in [1.29, 1.82) is 0 Å². The number of aryl methyl sites for hydroxylation is 2. The average molecular weight is 328 g/mol. The monoisotopic (exact) mass is 328 g/mol. The molecule has 0 aliphatic rings. The molecule has 0 bridgehead atoms. The molecule has 0 amide bonds. The Balaban J connectivity index is 1.78. The fraction of sp³-hybridized carbons (Fsp3) is 0.235. The molecule has 0 fully saturated rings. The number of benzene rings is 1. The third kappa shape index (κ3) is 3.03. The van der Waals surface area contributed by atoms with Gasteiger partial charge in [0.15, 0.2) is 0 Å². The van der Waals surface area contributed by atoms with Crippen LogP contribution in [0.25, 0.3) is 10.2 Å². The van der Waals surface area contributed by atoms with Gasteiger partial charge in [0.1, 0.15) is 9.71 Å². The van der Waals surface area contributed by atoms with E-state index in [0.29, 0.717) is 33.7 Å². The number of carbonyl (C=O) groups is 1. The molecule has 23 heavy (non-hydrogen) atoms. The smallest absolute Gasteiger partial charge is 0.348 e. The second-order valence-corrected chi connectivity index (χ2v) is 6.27. The van der Waals surface area contributed by atoms with Crippen LogP contribution < -0.4 is 5.56 Å². The molecule has 0 unspecified atom stereocenters. The van der Waals surface area contributed by atoms with E-state index in [4.69, 9.17) is 4.74 Å². The summed E-state index contributed by atoms with van der Waals surface area (Å²) in [6.07, 6.45) is 2.13. The minimum Gasteiger partial charge on any atom is -0.461 e. The lowest BCUT2D eigenvalue weighted by Crippen LogP contribution is -2.16. The van der Waals surface area contributed by atoms with Crippen LogP contribution in [0, 0.1) is 6.92 Å². The fourth-order valence-electron chi connectivity index (χ4n) is 2.38. The van der Waals surface area contributed by atoms with Gasteiger partial charge in [0.25, 0.3) is 5.56 Å². The van der Waals surface area contributed by atoms with Gasteiger partial charge in [0.2, 0.25) is 0 Å². The molecule has 3 rings (SSSR count). The average Bonchev–Trinajstić information content (AvgIpc) is 2.89. The Morgan fingerprint density at radius 3 is 2.78 bits per heavy atom. The second kappa shape index (κ2) is 6.34. The van der Waals surface area contributed by atoms with Crippen molar-refractivity contribution in [1.82, 2.24) is 9.55 Å². The van der Waals surface area contributed by atoms with Gasteiger partial charge in [-0.1, -0.05) is 30.3 Å². The van der Waals surface area contributed by atoms with Crippen molar-refractivity contribution in [3.8, 4) is 0 Å². The molecular weight excluding hydrogens is 312 g/mol. The lowest BCUT2D eigenvalue weighted by molar-refractivity contribution is 0.0514. The summed E-state index contributed by atoms with van der Waals surface area (Å²) in [6, 6.07) is 9.84. The van der Waals surface area contributed by atoms with Crippen molar-refractivity contribution in [3.05, 3.63) is 63.0 Å². The number of esters is 1. The molecule has 0 N–H and O–H groups in total. The zero-order chi connectivity index (χ0) is 16.4. The normalized spacial score (nSPS) is 10.9. The Hall–Kier alpha value is -2.47. The Labute approximate surface area is 137 Å². The van der Waals surface area contributed by atoms with Crippen LogP contribution >= 0.6 is 11.3 Å². The molecule has 2 aromatic heterocycles. The van der Waals surface area contributed by atoms with Gasteiger partial charge in [-0.3, -0.25) is 4.79 Å². The van der Waals surface area contributed by atoms with E-state index >= 15 is 0 Å². The standard InChI is InChI=1S/C17H16N2O3S/c1-11-13-15(18-10-19(2)16(13)20)23-14(11)17(21)22-9-8-12-6-4-3-5-7-12/h3-7,10H,8-9H2,1-2H3. The molecule has 3 aromatic rings. The lowest BCUT2D eigenvalue weighted by Gasteiger charge is -2.04. The molecule has 118 valence electrons. The molecule has 0 aliphatic carbocycles. The van der Waals surface area contributed by atoms with Crippen LogP contribution in [0.1, 0.15) is 20.8 Å². The van der Waals surface area contributed by atoms with Gasteiger partial charge in [-0.15, -0.1) is 11.3 Å². The zero-order valence-electron chi connectivity index (χ0n) is 12.9. The molecule has 0 spiro atoms. The Morgan fingerprint density at radius 2 is 2.04 bits per heavy atom. The molecule has 1 aromatic carbocycles. The molecule has 0 aliphatic heterocycles. The first-order valence-electron chi connectivity index (χ1n) is 7.23. The summed E-state index contributed by atoms with van der Waals surface area (Å²) in [7, 11) is 1.64. The minimum atomic E-state index is -0.400. The summed E-state index contributed by atoms with van der Waals surface area (Å²) in [6.45, 7) is 2.07. The lowest BCUT2D eigenvalue weighted by atomic mass is 10.2. The van der Waals surface area contributed by atoms with Crippen molar-refractivity contribution < 1.29 is 9.53 Å². The van der Waals surface area contributed by atoms with E-state index in [1.165, 1.54) is 22.2 Å². The molecule has 0 radical (unpaired) electrons. The van der Waals surface area contributed by atoms with Crippen LogP contribution in [0.5, 0.6) is 0 Å². The first kappa shape index (κ1) is 15.4. The number of aromatic nitrogens is 2. The molecule has 6 heteroatoms. The van der Waals surface area contributed by atoms with E-state index < -0.39 is 5.97 Å². The highest BCUT2D eigenvalue weighted by molar-refractivity contribution is 7.20. The second-order valence-electron chi connectivity index (χ2n) is 5.27. The van der Waals surface area contributed by atoms with Crippen LogP contribution in [0.2, 0.25) is 0 Å². The van der Waals surface area contributed by atoms with E-state index in [9.17, 15) is 9.59 Å². The summed E-state index contributed by atoms with van der Waals surface area (Å²) in [4.78, 5) is 29.7. The van der Waals surface area contributed by atoms with E-state index in [1.807, 2.05) is 30.3 Å². The summed E-state index contributed by atoms with van der Waals surface area (Å²) >= 11 is 1.20. The highest BCUT2D eigenvalue weighted by atomic mass is 32.1. The Bertz CT molecular complexity index is 913. The molecule has 0 saturated heterocycles. The van der Waals surface area contributed by atoms with Gasteiger partial charge >= 0.3 is 5.97 Å². The molecule has 0 atom stereocenters. The first-order valence-corrected chi connectivity index (χ1v) is 8.05. The Morgan fingerprint density at radius 1 is 1.30 bits per heavy atom. The van der Waals surface area contributed by atoms with Crippen LogP contribution in [-0.4, -0.2) is 22.1 Å². The predicted octanol–water partition coefficient (Wildman–Crippen LogP) is 2.70. The van der Waals surface area contributed by atoms with E-state index in [0.717, 1.165) is 5.56 Å². The van der Waals surface area contributed by atoms with Gasteiger partial charge in [0, 0.05) is 13.5 Å². The largest absolute Gasteiger partial charge is 0.461 e. The number of fused-ring (bicyclic) bond motifs is 1. The number of thiophene rings is 1. The third-order valence-electron chi connectivity index (χ3n) is 3.66. The van der Waals surface area contributed by atoms with E-state index in [2.05, 4.69) is 4.98 Å². The molecule has 5 nitrogen and oxygen atoms in total. The van der Waals surface area contributed by atoms with Crippen molar-refractivity contribution in [3.63, 3.8) is 0 Å². The summed E-state index contributed by atoms with van der Waals surface area (Å²) in [5, 5.41) is 0.495. The van der Waals surface area contributed by atoms with Gasteiger partial charge in [0.05, 0.1) is 18.3 Å². The van der Waals surface area contributed by atoms with Crippen molar-refractivity contribution in [2.75, 3.05) is 6.61 Å². The number of nitrogens with zero attached hydrogens (tertiary/aromatic N) is 2. The van der Waals surface area contributed by atoms with E-state index in [1.54, 1.807) is 14.0 Å². The summed E-state index contributed by atoms with van der Waals surface area (Å²) in [5.74, 6) is -0.400. The van der Waals surface area contributed by atoms with Gasteiger partial charge in [-0.05, 0) is 18.1 Å². The zero-order valence-corrected chi connectivity index (χ0v) is 13.7. The maximum atomic E-state index is 12.3. The quantitative estimate of drug-likeness (QED) is 0.691. The first-order chi connectivity index (χ1) is 11.1. The van der Waals surface area contributed by atoms with Gasteiger partial charge in [-0.25, -0.2) is 9.78 Å². The topological polar surface area (TPSA) is 61.2 Å². The number of rotatable bonds is 4. The maximum absolute atomic E-state index is 12.3. The van der Waals surface area contributed by atoms with Crippen LogP contribution in [0.3, 0.4) is 0 Å². The molecule has 2 heterocycles. The predicted molar refractivity (Wildman–Crippen MR) is 90.0 cm³/mol. The molecular formula is C17H16N2O3S. The number of hydrogen-bond acceptors (Lipinski definition) is 5. The number of ether oxygens (including phenoxy) is 1.